The molecule has 0 bridgehead atoms. The van der Waals surface area contributed by atoms with Crippen LogP contribution in [0.1, 0.15) is 39.0 Å². The molecule has 0 aromatic carbocycles. The molecule has 18 heavy (non-hydrogen) atoms. The van der Waals surface area contributed by atoms with Crippen LogP contribution >= 0.6 is 12.9 Å². The lowest BCUT2D eigenvalue weighted by molar-refractivity contribution is -0.127. The Kier molecular flexibility index (Phi) is 4.92. The van der Waals surface area contributed by atoms with Gasteiger partial charge in [0.15, 0.2) is 0 Å². The van der Waals surface area contributed by atoms with Crippen LogP contribution in [0.3, 0.4) is 0 Å². The molecule has 0 aromatic heterocycles. The number of nitrogens with one attached hydrogen (secondary N) is 1. The summed E-state index contributed by atoms with van der Waals surface area (Å²) in [6.45, 7) is 5.80. The van der Waals surface area contributed by atoms with E-state index in [-0.39, 0.29) is 5.41 Å². The average Bonchev–Trinajstić information content (AvgIpc) is 3.19. The van der Waals surface area contributed by atoms with Crippen LogP contribution in [0.2, 0.25) is 0 Å². The van der Waals surface area contributed by atoms with Crippen molar-refractivity contribution in [3.05, 3.63) is 0 Å². The van der Waals surface area contributed by atoms with Gasteiger partial charge in [0.25, 0.3) is 0 Å². The monoisotopic (exact) mass is 272 g/mol. The minimum absolute atomic E-state index is 0.00297. The Morgan fingerprint density at radius 1 is 1.44 bits per heavy atom. The quantitative estimate of drug-likeness (QED) is 0.570. The lowest BCUT2D eigenvalue weighted by Crippen LogP contribution is -2.47. The van der Waals surface area contributed by atoms with Gasteiger partial charge in [-0.25, -0.2) is 0 Å². The first kappa shape index (κ1) is 14.2. The first-order valence-electron chi connectivity index (χ1n) is 7.00. The second-order valence-corrected chi connectivity index (χ2v) is 5.81. The molecule has 1 amide bonds. The summed E-state index contributed by atoms with van der Waals surface area (Å²) in [6, 6.07) is 0.370. The zero-order valence-electron chi connectivity index (χ0n) is 11.2. The molecule has 5 heteroatoms. The molecule has 1 heterocycles. The summed E-state index contributed by atoms with van der Waals surface area (Å²) >= 11 is 3.75. The summed E-state index contributed by atoms with van der Waals surface area (Å²) in [5.41, 5.74) is -0.00297. The second-order valence-electron chi connectivity index (χ2n) is 5.56. The van der Waals surface area contributed by atoms with Crippen molar-refractivity contribution < 1.29 is 8.98 Å². The molecule has 0 radical (unpaired) electrons. The Morgan fingerprint density at radius 3 is 2.61 bits per heavy atom. The van der Waals surface area contributed by atoms with Crippen LogP contribution in [-0.4, -0.2) is 43.1 Å². The van der Waals surface area contributed by atoms with Gasteiger partial charge in [-0.05, 0) is 45.0 Å². The van der Waals surface area contributed by atoms with Crippen molar-refractivity contribution >= 4 is 18.8 Å². The maximum absolute atomic E-state index is 12.1. The average molecular weight is 272 g/mol. The van der Waals surface area contributed by atoms with Gasteiger partial charge in [0.05, 0.1) is 6.61 Å². The van der Waals surface area contributed by atoms with Crippen LogP contribution in [-0.2, 0) is 8.98 Å². The van der Waals surface area contributed by atoms with Gasteiger partial charge >= 0.3 is 0 Å². The molecule has 2 rings (SSSR count). The predicted octanol–water partition coefficient (Wildman–Crippen LogP) is 1.62. The number of rotatable bonds is 6. The van der Waals surface area contributed by atoms with Crippen LogP contribution in [0.5, 0.6) is 0 Å². The Morgan fingerprint density at radius 2 is 2.11 bits per heavy atom. The summed E-state index contributed by atoms with van der Waals surface area (Å²) in [6.07, 6.45) is 5.24. The smallest absolute Gasteiger partial charge is 0.226 e. The Labute approximate surface area is 115 Å². The van der Waals surface area contributed by atoms with Crippen molar-refractivity contribution in [1.82, 2.24) is 10.2 Å². The number of hydrogen-bond acceptors (Lipinski definition) is 4. The standard InChI is InChI=1S/C13H24N2O2S/c1-2-13(5-6-13)12(16)14-11-3-7-15(8-4-11)9-10-17-18/h11,18H,2-10H2,1H3,(H,14,16). The lowest BCUT2D eigenvalue weighted by atomic mass is 9.99. The zero-order valence-corrected chi connectivity index (χ0v) is 12.0. The van der Waals surface area contributed by atoms with Gasteiger partial charge in [-0.2, -0.15) is 0 Å². The van der Waals surface area contributed by atoms with E-state index in [0.29, 0.717) is 18.6 Å². The van der Waals surface area contributed by atoms with Crippen molar-refractivity contribution in [3.8, 4) is 0 Å². The third-order valence-corrected chi connectivity index (χ3v) is 4.62. The molecule has 2 fully saturated rings. The predicted molar refractivity (Wildman–Crippen MR) is 74.5 cm³/mol. The van der Waals surface area contributed by atoms with E-state index in [0.717, 1.165) is 51.7 Å². The first-order chi connectivity index (χ1) is 8.70. The van der Waals surface area contributed by atoms with Crippen molar-refractivity contribution in [2.75, 3.05) is 26.2 Å². The van der Waals surface area contributed by atoms with E-state index < -0.39 is 0 Å². The number of hydrogen-bond donors (Lipinski definition) is 2. The number of likely N-dealkylation sites (tertiary alicyclic amines) is 1. The van der Waals surface area contributed by atoms with Crippen LogP contribution in [0.25, 0.3) is 0 Å². The summed E-state index contributed by atoms with van der Waals surface area (Å²) in [7, 11) is 0. The van der Waals surface area contributed by atoms with Gasteiger partial charge < -0.3 is 14.4 Å². The molecule has 1 saturated carbocycles. The number of piperidine rings is 1. The van der Waals surface area contributed by atoms with Crippen molar-refractivity contribution in [1.29, 1.82) is 0 Å². The summed E-state index contributed by atoms with van der Waals surface area (Å²) < 4.78 is 4.79. The number of carbonyl (C=O) groups excluding carboxylic acids is 1. The van der Waals surface area contributed by atoms with Crippen LogP contribution < -0.4 is 5.32 Å². The van der Waals surface area contributed by atoms with E-state index in [2.05, 4.69) is 30.1 Å². The van der Waals surface area contributed by atoms with E-state index in [1.54, 1.807) is 0 Å². The molecule has 0 unspecified atom stereocenters. The molecule has 1 saturated heterocycles. The van der Waals surface area contributed by atoms with Gasteiger partial charge in [0.2, 0.25) is 5.91 Å². The summed E-state index contributed by atoms with van der Waals surface area (Å²) in [5, 5.41) is 3.24. The zero-order chi connectivity index (χ0) is 13.0. The van der Waals surface area contributed by atoms with E-state index in [1.807, 2.05) is 0 Å². The fourth-order valence-electron chi connectivity index (χ4n) is 2.70. The van der Waals surface area contributed by atoms with Gasteiger partial charge in [-0.3, -0.25) is 4.79 Å². The van der Waals surface area contributed by atoms with Crippen molar-refractivity contribution in [3.63, 3.8) is 0 Å². The number of carbonyl (C=O) groups is 1. The highest BCUT2D eigenvalue weighted by molar-refractivity contribution is 7.75. The Hall–Kier alpha value is -0.260. The first-order valence-corrected chi connectivity index (χ1v) is 7.36. The molecular formula is C13H24N2O2S. The summed E-state index contributed by atoms with van der Waals surface area (Å²) in [5.74, 6) is 0.294. The minimum Gasteiger partial charge on any atom is -0.353 e. The Balaban J connectivity index is 1.69. The third-order valence-electron chi connectivity index (χ3n) is 4.43. The van der Waals surface area contributed by atoms with Crippen LogP contribution in [0, 0.1) is 5.41 Å². The number of amides is 1. The fraction of sp³-hybridized carbons (Fsp3) is 0.923. The summed E-state index contributed by atoms with van der Waals surface area (Å²) in [4.78, 5) is 14.5. The third kappa shape index (κ3) is 3.39. The van der Waals surface area contributed by atoms with Crippen molar-refractivity contribution in [2.45, 2.75) is 45.1 Å². The van der Waals surface area contributed by atoms with Crippen LogP contribution in [0.15, 0.2) is 0 Å². The van der Waals surface area contributed by atoms with Crippen molar-refractivity contribution in [2.24, 2.45) is 5.41 Å². The highest BCUT2D eigenvalue weighted by Crippen LogP contribution is 2.48. The lowest BCUT2D eigenvalue weighted by Gasteiger charge is -2.32. The Bertz CT molecular complexity index is 287. The minimum atomic E-state index is -0.00297. The molecule has 0 aromatic rings. The number of thiol groups is 1. The van der Waals surface area contributed by atoms with E-state index in [4.69, 9.17) is 4.18 Å². The van der Waals surface area contributed by atoms with E-state index in [9.17, 15) is 4.79 Å². The fourth-order valence-corrected chi connectivity index (χ4v) is 2.78. The largest absolute Gasteiger partial charge is 0.353 e. The maximum atomic E-state index is 12.1. The second kappa shape index (κ2) is 6.26. The molecule has 104 valence electrons. The van der Waals surface area contributed by atoms with Gasteiger partial charge in [-0.1, -0.05) is 6.92 Å². The molecule has 1 aliphatic heterocycles. The van der Waals surface area contributed by atoms with Gasteiger partial charge in [-0.15, -0.1) is 0 Å². The molecule has 1 N–H and O–H groups in total. The molecular weight excluding hydrogens is 248 g/mol. The van der Waals surface area contributed by atoms with Gasteiger partial charge in [0, 0.05) is 31.1 Å². The SMILES string of the molecule is CCC1(C(=O)NC2CCN(CCOS)CC2)CC1. The molecule has 1 aliphatic carbocycles. The highest BCUT2D eigenvalue weighted by Gasteiger charge is 2.48. The number of nitrogens with zero attached hydrogens (tertiary/aromatic N) is 1. The molecule has 2 aliphatic rings. The molecule has 0 spiro atoms. The van der Waals surface area contributed by atoms with E-state index in [1.165, 1.54) is 0 Å². The van der Waals surface area contributed by atoms with E-state index >= 15 is 0 Å². The molecule has 0 atom stereocenters. The van der Waals surface area contributed by atoms with Gasteiger partial charge in [0.1, 0.15) is 0 Å². The maximum Gasteiger partial charge on any atom is 0.226 e. The normalized spacial score (nSPS) is 23.9. The highest BCUT2D eigenvalue weighted by atomic mass is 32.1. The topological polar surface area (TPSA) is 41.6 Å². The molecule has 4 nitrogen and oxygen atoms in total. The van der Waals surface area contributed by atoms with Crippen LogP contribution in [0.4, 0.5) is 0 Å².